The molecule has 0 saturated carbocycles. The van der Waals surface area contributed by atoms with Gasteiger partial charge in [0.25, 0.3) is 5.91 Å². The molecule has 1 aliphatic carbocycles. The van der Waals surface area contributed by atoms with E-state index in [1.807, 2.05) is 12.1 Å². The van der Waals surface area contributed by atoms with Crippen molar-refractivity contribution in [3.63, 3.8) is 0 Å². The Bertz CT molecular complexity index is 638. The van der Waals surface area contributed by atoms with Gasteiger partial charge in [-0.05, 0) is 18.1 Å². The van der Waals surface area contributed by atoms with Gasteiger partial charge in [0.05, 0.1) is 5.60 Å². The molecule has 1 aromatic heterocycles. The average Bonchev–Trinajstić information content (AvgIpc) is 3.08. The lowest BCUT2D eigenvalue weighted by molar-refractivity contribution is 0.000110. The minimum atomic E-state index is -0.377. The first kappa shape index (κ1) is 13.8. The maximum Gasteiger partial charge on any atom is 0.273 e. The first-order valence-corrected chi connectivity index (χ1v) is 6.95. The van der Waals surface area contributed by atoms with Crippen molar-refractivity contribution in [1.29, 1.82) is 0 Å². The van der Waals surface area contributed by atoms with Crippen LogP contribution in [0.2, 0.25) is 0 Å². The highest BCUT2D eigenvalue weighted by Crippen LogP contribution is 2.32. The SMILES string of the molecule is COC1(CNC(=O)c2cc(C)on2)Cc2ccccc2C1. The molecule has 1 heterocycles. The highest BCUT2D eigenvalue weighted by atomic mass is 16.5. The maximum atomic E-state index is 12.1. The summed E-state index contributed by atoms with van der Waals surface area (Å²) in [5.41, 5.74) is 2.49. The Hall–Kier alpha value is -2.14. The number of aryl methyl sites for hydroxylation is 1. The molecule has 3 rings (SSSR count). The van der Waals surface area contributed by atoms with Gasteiger partial charge in [-0.1, -0.05) is 29.4 Å². The molecule has 1 N–H and O–H groups in total. The second-order valence-corrected chi connectivity index (χ2v) is 5.51. The van der Waals surface area contributed by atoms with Gasteiger partial charge in [-0.2, -0.15) is 0 Å². The van der Waals surface area contributed by atoms with Crippen LogP contribution in [0.1, 0.15) is 27.4 Å². The fraction of sp³-hybridized carbons (Fsp3) is 0.375. The normalized spacial score (nSPS) is 15.7. The standard InChI is InChI=1S/C16H18N2O3/c1-11-7-14(18-21-11)15(19)17-10-16(20-2)8-12-5-3-4-6-13(12)9-16/h3-7H,8-10H2,1-2H3,(H,17,19). The minimum Gasteiger partial charge on any atom is -0.376 e. The van der Waals surface area contributed by atoms with Crippen molar-refractivity contribution in [3.05, 3.63) is 52.9 Å². The zero-order chi connectivity index (χ0) is 14.9. The molecule has 21 heavy (non-hydrogen) atoms. The van der Waals surface area contributed by atoms with E-state index in [9.17, 15) is 4.79 Å². The highest BCUT2D eigenvalue weighted by Gasteiger charge is 2.37. The Morgan fingerprint density at radius 2 is 2.05 bits per heavy atom. The van der Waals surface area contributed by atoms with E-state index in [-0.39, 0.29) is 11.5 Å². The summed E-state index contributed by atoms with van der Waals surface area (Å²) in [7, 11) is 1.69. The molecular formula is C16H18N2O3. The van der Waals surface area contributed by atoms with Gasteiger partial charge in [-0.25, -0.2) is 0 Å². The highest BCUT2D eigenvalue weighted by molar-refractivity contribution is 5.92. The van der Waals surface area contributed by atoms with Crippen molar-refractivity contribution in [1.82, 2.24) is 10.5 Å². The molecule has 0 fully saturated rings. The molecule has 0 spiro atoms. The molecule has 110 valence electrons. The van der Waals surface area contributed by atoms with Crippen LogP contribution >= 0.6 is 0 Å². The molecule has 1 aromatic carbocycles. The Morgan fingerprint density at radius 1 is 1.38 bits per heavy atom. The minimum absolute atomic E-state index is 0.237. The van der Waals surface area contributed by atoms with Crippen molar-refractivity contribution in [2.75, 3.05) is 13.7 Å². The Morgan fingerprint density at radius 3 is 2.57 bits per heavy atom. The Labute approximate surface area is 123 Å². The molecule has 0 unspecified atom stereocenters. The van der Waals surface area contributed by atoms with E-state index in [1.54, 1.807) is 20.1 Å². The van der Waals surface area contributed by atoms with Crippen LogP contribution in [0.15, 0.2) is 34.9 Å². The zero-order valence-corrected chi connectivity index (χ0v) is 12.2. The summed E-state index contributed by atoms with van der Waals surface area (Å²) in [6, 6.07) is 9.90. The Balaban J connectivity index is 1.68. The van der Waals surface area contributed by atoms with Crippen LogP contribution in [0.5, 0.6) is 0 Å². The summed E-state index contributed by atoms with van der Waals surface area (Å²) >= 11 is 0. The van der Waals surface area contributed by atoms with Crippen molar-refractivity contribution in [3.8, 4) is 0 Å². The number of nitrogens with one attached hydrogen (secondary N) is 1. The number of fused-ring (bicyclic) bond motifs is 1. The number of aromatic nitrogens is 1. The zero-order valence-electron chi connectivity index (χ0n) is 12.2. The van der Waals surface area contributed by atoms with Gasteiger partial charge in [0.2, 0.25) is 0 Å². The molecule has 5 heteroatoms. The van der Waals surface area contributed by atoms with Crippen LogP contribution in [-0.2, 0) is 17.6 Å². The van der Waals surface area contributed by atoms with Gasteiger partial charge in [0.15, 0.2) is 5.69 Å². The fourth-order valence-corrected chi connectivity index (χ4v) is 2.81. The topological polar surface area (TPSA) is 64.4 Å². The summed E-state index contributed by atoms with van der Waals surface area (Å²) in [5.74, 6) is 0.383. The molecule has 2 aromatic rings. The second kappa shape index (κ2) is 5.33. The fourth-order valence-electron chi connectivity index (χ4n) is 2.81. The summed E-state index contributed by atoms with van der Waals surface area (Å²) in [6.45, 7) is 2.21. The predicted octanol–water partition coefficient (Wildman–Crippen LogP) is 1.90. The number of hydrogen-bond acceptors (Lipinski definition) is 4. The number of ether oxygens (including phenoxy) is 1. The van der Waals surface area contributed by atoms with Crippen molar-refractivity contribution < 1.29 is 14.1 Å². The largest absolute Gasteiger partial charge is 0.376 e. The third-order valence-corrected chi connectivity index (χ3v) is 4.01. The van der Waals surface area contributed by atoms with Gasteiger partial charge < -0.3 is 14.6 Å². The van der Waals surface area contributed by atoms with Crippen LogP contribution in [-0.4, -0.2) is 30.3 Å². The van der Waals surface area contributed by atoms with Crippen LogP contribution in [0.4, 0.5) is 0 Å². The van der Waals surface area contributed by atoms with Gasteiger partial charge >= 0.3 is 0 Å². The van der Waals surface area contributed by atoms with Crippen LogP contribution in [0.25, 0.3) is 0 Å². The number of methoxy groups -OCH3 is 1. The lowest BCUT2D eigenvalue weighted by Crippen LogP contribution is -2.45. The van der Waals surface area contributed by atoms with E-state index in [1.165, 1.54) is 11.1 Å². The summed E-state index contributed by atoms with van der Waals surface area (Å²) in [5, 5.41) is 6.62. The molecule has 0 bridgehead atoms. The third-order valence-electron chi connectivity index (χ3n) is 4.01. The van der Waals surface area contributed by atoms with Crippen molar-refractivity contribution in [2.45, 2.75) is 25.4 Å². The maximum absolute atomic E-state index is 12.1. The van der Waals surface area contributed by atoms with Gasteiger partial charge in [-0.15, -0.1) is 0 Å². The van der Waals surface area contributed by atoms with E-state index < -0.39 is 0 Å². The lowest BCUT2D eigenvalue weighted by atomic mass is 10.00. The quantitative estimate of drug-likeness (QED) is 0.932. The van der Waals surface area contributed by atoms with E-state index in [0.717, 1.165) is 12.8 Å². The summed E-state index contributed by atoms with van der Waals surface area (Å²) < 4.78 is 10.6. The number of nitrogens with zero attached hydrogens (tertiary/aromatic N) is 1. The first-order valence-electron chi connectivity index (χ1n) is 6.95. The molecule has 5 nitrogen and oxygen atoms in total. The average molecular weight is 286 g/mol. The predicted molar refractivity (Wildman–Crippen MR) is 77.2 cm³/mol. The van der Waals surface area contributed by atoms with Crippen molar-refractivity contribution in [2.24, 2.45) is 0 Å². The molecule has 0 radical (unpaired) electrons. The van der Waals surface area contributed by atoms with E-state index >= 15 is 0 Å². The van der Waals surface area contributed by atoms with Crippen LogP contribution in [0, 0.1) is 6.92 Å². The molecular weight excluding hydrogens is 268 g/mol. The van der Waals surface area contributed by atoms with E-state index in [0.29, 0.717) is 18.0 Å². The summed E-state index contributed by atoms with van der Waals surface area (Å²) in [6.07, 6.45) is 1.61. The van der Waals surface area contributed by atoms with Gasteiger partial charge in [0.1, 0.15) is 5.76 Å². The van der Waals surface area contributed by atoms with Crippen molar-refractivity contribution >= 4 is 5.91 Å². The number of hydrogen-bond donors (Lipinski definition) is 1. The number of carbonyl (C=O) groups excluding carboxylic acids is 1. The lowest BCUT2D eigenvalue weighted by Gasteiger charge is -2.27. The summed E-state index contributed by atoms with van der Waals surface area (Å²) in [4.78, 5) is 12.1. The third kappa shape index (κ3) is 2.69. The second-order valence-electron chi connectivity index (χ2n) is 5.51. The van der Waals surface area contributed by atoms with E-state index in [4.69, 9.17) is 9.26 Å². The van der Waals surface area contributed by atoms with Crippen LogP contribution in [0.3, 0.4) is 0 Å². The molecule has 0 atom stereocenters. The smallest absolute Gasteiger partial charge is 0.273 e. The molecule has 1 amide bonds. The first-order chi connectivity index (χ1) is 10.1. The number of rotatable bonds is 4. The number of amides is 1. The number of benzene rings is 1. The van der Waals surface area contributed by atoms with E-state index in [2.05, 4.69) is 22.6 Å². The number of carbonyl (C=O) groups is 1. The van der Waals surface area contributed by atoms with Crippen LogP contribution < -0.4 is 5.32 Å². The molecule has 0 saturated heterocycles. The molecule has 1 aliphatic rings. The van der Waals surface area contributed by atoms with Gasteiger partial charge in [0, 0.05) is 32.6 Å². The monoisotopic (exact) mass is 286 g/mol. The Kier molecular flexibility index (Phi) is 3.51. The van der Waals surface area contributed by atoms with Gasteiger partial charge in [-0.3, -0.25) is 4.79 Å². The molecule has 0 aliphatic heterocycles.